The Kier molecular flexibility index (Phi) is 6.65. The molecule has 3 N–H and O–H groups in total. The van der Waals surface area contributed by atoms with Gasteiger partial charge in [-0.1, -0.05) is 6.92 Å². The first-order chi connectivity index (χ1) is 12.3. The van der Waals surface area contributed by atoms with Gasteiger partial charge < -0.3 is 16.0 Å². The lowest BCUT2D eigenvalue weighted by Crippen LogP contribution is -2.54. The van der Waals surface area contributed by atoms with Gasteiger partial charge in [0.15, 0.2) is 0 Å². The molecule has 0 saturated carbocycles. The van der Waals surface area contributed by atoms with Crippen molar-refractivity contribution < 1.29 is 23.2 Å². The number of carbonyl (C=O) groups is 3. The lowest BCUT2D eigenvalue weighted by Gasteiger charge is -2.23. The van der Waals surface area contributed by atoms with Gasteiger partial charge in [-0.25, -0.2) is 8.78 Å². The molecule has 1 aromatic carbocycles. The lowest BCUT2D eigenvalue weighted by atomic mass is 9.97. The Morgan fingerprint density at radius 3 is 2.58 bits per heavy atom. The van der Waals surface area contributed by atoms with E-state index in [4.69, 9.17) is 0 Å². The van der Waals surface area contributed by atoms with Crippen molar-refractivity contribution in [2.45, 2.75) is 45.2 Å². The smallest absolute Gasteiger partial charge is 0.242 e. The summed E-state index contributed by atoms with van der Waals surface area (Å²) in [6.07, 6.45) is 1.39. The highest BCUT2D eigenvalue weighted by molar-refractivity contribution is 5.92. The number of benzene rings is 1. The van der Waals surface area contributed by atoms with Crippen LogP contribution in [0, 0.1) is 17.6 Å². The van der Waals surface area contributed by atoms with E-state index in [-0.39, 0.29) is 23.8 Å². The van der Waals surface area contributed by atoms with Crippen LogP contribution in [-0.2, 0) is 20.8 Å². The number of hydrogen-bond acceptors (Lipinski definition) is 3. The maximum atomic E-state index is 13.2. The van der Waals surface area contributed by atoms with Crippen molar-refractivity contribution in [1.29, 1.82) is 0 Å². The molecule has 3 amide bonds. The van der Waals surface area contributed by atoms with Crippen LogP contribution in [-0.4, -0.2) is 36.3 Å². The van der Waals surface area contributed by atoms with Crippen molar-refractivity contribution in [2.75, 3.05) is 6.54 Å². The fourth-order valence-electron chi connectivity index (χ4n) is 2.91. The van der Waals surface area contributed by atoms with Crippen molar-refractivity contribution in [1.82, 2.24) is 16.0 Å². The Bertz CT molecular complexity index is 676. The third kappa shape index (κ3) is 5.50. The zero-order valence-corrected chi connectivity index (χ0v) is 14.8. The van der Waals surface area contributed by atoms with Gasteiger partial charge >= 0.3 is 0 Å². The molecule has 2 unspecified atom stereocenters. The predicted octanol–water partition coefficient (Wildman–Crippen LogP) is 1.04. The molecule has 1 aromatic rings. The fraction of sp³-hybridized carbons (Fsp3) is 0.500. The van der Waals surface area contributed by atoms with Gasteiger partial charge in [0.05, 0.1) is 6.42 Å². The summed E-state index contributed by atoms with van der Waals surface area (Å²) in [5, 5.41) is 7.88. The second-order valence-corrected chi connectivity index (χ2v) is 6.64. The molecule has 8 heteroatoms. The minimum atomic E-state index is -0.885. The van der Waals surface area contributed by atoms with Crippen LogP contribution in [0.3, 0.4) is 0 Å². The van der Waals surface area contributed by atoms with Crippen LogP contribution in [0.1, 0.15) is 32.3 Å². The first kappa shape index (κ1) is 19.8. The molecular weight excluding hydrogens is 344 g/mol. The molecule has 1 fully saturated rings. The third-order valence-electron chi connectivity index (χ3n) is 4.34. The molecule has 0 bridgehead atoms. The van der Waals surface area contributed by atoms with E-state index >= 15 is 0 Å². The molecule has 1 aliphatic rings. The number of carbonyl (C=O) groups excluding carboxylic acids is 3. The van der Waals surface area contributed by atoms with Gasteiger partial charge in [0, 0.05) is 12.6 Å². The lowest BCUT2D eigenvalue weighted by molar-refractivity contribution is -0.132. The van der Waals surface area contributed by atoms with Crippen LogP contribution in [0.15, 0.2) is 18.2 Å². The molecule has 1 aliphatic heterocycles. The molecule has 0 aromatic heterocycles. The minimum absolute atomic E-state index is 0.0142. The van der Waals surface area contributed by atoms with Gasteiger partial charge in [-0.2, -0.15) is 0 Å². The normalized spacial score (nSPS) is 21.3. The zero-order chi connectivity index (χ0) is 19.3. The summed E-state index contributed by atoms with van der Waals surface area (Å²) in [6.45, 7) is 3.95. The van der Waals surface area contributed by atoms with Crippen LogP contribution in [0.4, 0.5) is 8.78 Å². The van der Waals surface area contributed by atoms with Gasteiger partial charge in [-0.3, -0.25) is 14.4 Å². The summed E-state index contributed by atoms with van der Waals surface area (Å²) < 4.78 is 26.3. The summed E-state index contributed by atoms with van der Waals surface area (Å²) in [6, 6.07) is 1.30. The molecule has 1 heterocycles. The Morgan fingerprint density at radius 1 is 1.27 bits per heavy atom. The third-order valence-corrected chi connectivity index (χ3v) is 4.34. The van der Waals surface area contributed by atoms with Crippen molar-refractivity contribution in [3.05, 3.63) is 35.4 Å². The standard InChI is InChI=1S/C18H23F2N3O3/c1-10-4-3-5-21-18(26)16(10)23-17(25)11(2)22-15(24)8-12-6-13(19)9-14(20)7-12/h6-7,9-11,16H,3-5,8H2,1-2H3,(H,21,26)(H,22,24)(H,23,25)/t10?,11-,16?/m0/s1. The SMILES string of the molecule is CC1CCCNC(=O)C1NC(=O)[C@H](C)NC(=O)Cc1cc(F)cc(F)c1. The average molecular weight is 367 g/mol. The molecule has 1 saturated heterocycles. The second-order valence-electron chi connectivity index (χ2n) is 6.64. The summed E-state index contributed by atoms with van der Waals surface area (Å²) in [5.41, 5.74) is 0.171. The van der Waals surface area contributed by atoms with E-state index in [9.17, 15) is 23.2 Å². The number of rotatable bonds is 5. The molecular formula is C18H23F2N3O3. The van der Waals surface area contributed by atoms with Crippen LogP contribution < -0.4 is 16.0 Å². The highest BCUT2D eigenvalue weighted by Gasteiger charge is 2.30. The van der Waals surface area contributed by atoms with E-state index in [1.165, 1.54) is 6.92 Å². The maximum Gasteiger partial charge on any atom is 0.242 e. The first-order valence-corrected chi connectivity index (χ1v) is 8.58. The van der Waals surface area contributed by atoms with Gasteiger partial charge in [-0.05, 0) is 43.4 Å². The summed E-state index contributed by atoms with van der Waals surface area (Å²) in [4.78, 5) is 36.3. The quantitative estimate of drug-likeness (QED) is 0.727. The maximum absolute atomic E-state index is 13.2. The Labute approximate surface area is 150 Å². The summed E-state index contributed by atoms with van der Waals surface area (Å²) >= 11 is 0. The van der Waals surface area contributed by atoms with Crippen molar-refractivity contribution in [2.24, 2.45) is 5.92 Å². The fourth-order valence-corrected chi connectivity index (χ4v) is 2.91. The highest BCUT2D eigenvalue weighted by Crippen LogP contribution is 2.14. The van der Waals surface area contributed by atoms with Gasteiger partial charge in [0.2, 0.25) is 17.7 Å². The highest BCUT2D eigenvalue weighted by atomic mass is 19.1. The van der Waals surface area contributed by atoms with Crippen LogP contribution in [0.2, 0.25) is 0 Å². The van der Waals surface area contributed by atoms with E-state index in [0.29, 0.717) is 6.54 Å². The van der Waals surface area contributed by atoms with Crippen LogP contribution in [0.25, 0.3) is 0 Å². The monoisotopic (exact) mass is 367 g/mol. The van der Waals surface area contributed by atoms with Crippen LogP contribution in [0.5, 0.6) is 0 Å². The molecule has 26 heavy (non-hydrogen) atoms. The predicted molar refractivity (Wildman–Crippen MR) is 91.0 cm³/mol. The minimum Gasteiger partial charge on any atom is -0.354 e. The largest absolute Gasteiger partial charge is 0.354 e. The van der Waals surface area contributed by atoms with E-state index in [1.54, 1.807) is 0 Å². The van der Waals surface area contributed by atoms with Crippen molar-refractivity contribution in [3.8, 4) is 0 Å². The Hall–Kier alpha value is -2.51. The van der Waals surface area contributed by atoms with E-state index in [1.807, 2.05) is 6.92 Å². The number of nitrogens with one attached hydrogen (secondary N) is 3. The molecule has 142 valence electrons. The number of halogens is 2. The molecule has 2 rings (SSSR count). The molecule has 0 spiro atoms. The van der Waals surface area contributed by atoms with Gasteiger partial charge in [0.25, 0.3) is 0 Å². The number of amides is 3. The molecule has 6 nitrogen and oxygen atoms in total. The average Bonchev–Trinajstić information content (AvgIpc) is 2.68. The number of hydrogen-bond donors (Lipinski definition) is 3. The van der Waals surface area contributed by atoms with Crippen LogP contribution >= 0.6 is 0 Å². The topological polar surface area (TPSA) is 87.3 Å². The van der Waals surface area contributed by atoms with Gasteiger partial charge in [-0.15, -0.1) is 0 Å². The van der Waals surface area contributed by atoms with E-state index in [0.717, 1.165) is 31.0 Å². The molecule has 0 radical (unpaired) electrons. The summed E-state index contributed by atoms with van der Waals surface area (Å²) in [5.74, 6) is -2.83. The molecule has 3 atom stereocenters. The second kappa shape index (κ2) is 8.73. The van der Waals surface area contributed by atoms with E-state index < -0.39 is 35.5 Å². The van der Waals surface area contributed by atoms with E-state index in [2.05, 4.69) is 16.0 Å². The Balaban J connectivity index is 1.91. The first-order valence-electron chi connectivity index (χ1n) is 8.58. The van der Waals surface area contributed by atoms with Gasteiger partial charge in [0.1, 0.15) is 23.7 Å². The molecule has 0 aliphatic carbocycles. The van der Waals surface area contributed by atoms with Crippen molar-refractivity contribution in [3.63, 3.8) is 0 Å². The summed E-state index contributed by atoms with van der Waals surface area (Å²) in [7, 11) is 0. The zero-order valence-electron chi connectivity index (χ0n) is 14.8. The van der Waals surface area contributed by atoms with Crippen molar-refractivity contribution >= 4 is 17.7 Å². The Morgan fingerprint density at radius 2 is 1.92 bits per heavy atom.